The van der Waals surface area contributed by atoms with Crippen LogP contribution in [0, 0.1) is 0 Å². The molecular formula is C15H24O3Si. The van der Waals surface area contributed by atoms with Crippen molar-refractivity contribution in [3.05, 3.63) is 23.0 Å². The Morgan fingerprint density at radius 2 is 1.84 bits per heavy atom. The molecular weight excluding hydrogens is 256 g/mol. The van der Waals surface area contributed by atoms with E-state index in [1.165, 1.54) is 13.2 Å². The van der Waals surface area contributed by atoms with Crippen molar-refractivity contribution in [3.63, 3.8) is 0 Å². The maximum Gasteiger partial charge on any atom is 0.223 e. The molecule has 0 aliphatic heterocycles. The zero-order chi connectivity index (χ0) is 14.6. The van der Waals surface area contributed by atoms with Gasteiger partial charge in [0.2, 0.25) is 5.78 Å². The van der Waals surface area contributed by atoms with E-state index in [2.05, 4.69) is 26.6 Å². The van der Waals surface area contributed by atoms with Gasteiger partial charge in [-0.2, -0.15) is 0 Å². The zero-order valence-corrected chi connectivity index (χ0v) is 13.6. The fraction of sp³-hybridized carbons (Fsp3) is 0.600. The maximum absolute atomic E-state index is 12.4. The Morgan fingerprint density at radius 1 is 1.21 bits per heavy atom. The van der Waals surface area contributed by atoms with Crippen LogP contribution in [0.3, 0.4) is 0 Å². The second-order valence-corrected chi connectivity index (χ2v) is 11.7. The van der Waals surface area contributed by atoms with E-state index in [9.17, 15) is 9.59 Å². The van der Waals surface area contributed by atoms with Gasteiger partial charge in [0, 0.05) is 19.2 Å². The third-order valence-electron chi connectivity index (χ3n) is 3.08. The fourth-order valence-electron chi connectivity index (χ4n) is 2.21. The second kappa shape index (κ2) is 6.33. The third kappa shape index (κ3) is 4.16. The molecule has 0 bridgehead atoms. The minimum absolute atomic E-state index is 0.0434. The quantitative estimate of drug-likeness (QED) is 0.552. The lowest BCUT2D eigenvalue weighted by molar-refractivity contribution is -0.118. The summed E-state index contributed by atoms with van der Waals surface area (Å²) in [5, 5.41) is 0. The molecule has 3 nitrogen and oxygen atoms in total. The smallest absolute Gasteiger partial charge is 0.223 e. The third-order valence-corrected chi connectivity index (χ3v) is 4.52. The van der Waals surface area contributed by atoms with E-state index in [4.69, 9.17) is 4.74 Å². The van der Waals surface area contributed by atoms with Gasteiger partial charge < -0.3 is 4.74 Å². The molecule has 0 unspecified atom stereocenters. The largest absolute Gasteiger partial charge is 0.492 e. The molecule has 0 aromatic carbocycles. The summed E-state index contributed by atoms with van der Waals surface area (Å²) in [6.07, 6.45) is 4.06. The number of hydrogen-bond donors (Lipinski definition) is 0. The molecule has 0 heterocycles. The molecule has 19 heavy (non-hydrogen) atoms. The highest BCUT2D eigenvalue weighted by Gasteiger charge is 2.31. The van der Waals surface area contributed by atoms with Crippen LogP contribution in [0.4, 0.5) is 0 Å². The van der Waals surface area contributed by atoms with Crippen molar-refractivity contribution in [2.75, 3.05) is 7.11 Å². The number of ether oxygens (including phenoxy) is 1. The zero-order valence-electron chi connectivity index (χ0n) is 12.6. The van der Waals surface area contributed by atoms with E-state index in [1.54, 1.807) is 0 Å². The topological polar surface area (TPSA) is 43.4 Å². The van der Waals surface area contributed by atoms with Gasteiger partial charge in [-0.3, -0.25) is 9.59 Å². The highest BCUT2D eigenvalue weighted by Crippen LogP contribution is 2.28. The number of rotatable bonds is 6. The van der Waals surface area contributed by atoms with Crippen LogP contribution in [0.1, 0.15) is 26.2 Å². The molecule has 0 amide bonds. The lowest BCUT2D eigenvalue weighted by atomic mass is 9.92. The Morgan fingerprint density at radius 3 is 2.32 bits per heavy atom. The van der Waals surface area contributed by atoms with Crippen LogP contribution in [0.25, 0.3) is 0 Å². The van der Waals surface area contributed by atoms with E-state index in [1.807, 2.05) is 0 Å². The lowest BCUT2D eigenvalue weighted by Crippen LogP contribution is -2.27. The fourth-order valence-corrected chi connectivity index (χ4v) is 3.62. The number of hydrogen-bond acceptors (Lipinski definition) is 3. The number of Topliss-reactive ketones (excluding diaryl/α,β-unsaturated/α-hetero) is 1. The number of ketones is 2. The van der Waals surface area contributed by atoms with Crippen molar-refractivity contribution in [2.45, 2.75) is 51.9 Å². The van der Waals surface area contributed by atoms with Crippen LogP contribution >= 0.6 is 0 Å². The Bertz CT molecular complexity index is 439. The summed E-state index contributed by atoms with van der Waals surface area (Å²) in [5.74, 6) is 0.142. The van der Waals surface area contributed by atoms with Gasteiger partial charge in [0.05, 0.1) is 7.11 Å². The highest BCUT2D eigenvalue weighted by molar-refractivity contribution is 6.77. The summed E-state index contributed by atoms with van der Waals surface area (Å²) in [6.45, 7) is 8.63. The average Bonchev–Trinajstić information content (AvgIpc) is 2.29. The molecule has 0 radical (unpaired) electrons. The van der Waals surface area contributed by atoms with Gasteiger partial charge in [-0.05, 0) is 25.0 Å². The molecule has 4 heteroatoms. The summed E-state index contributed by atoms with van der Waals surface area (Å²) in [4.78, 5) is 24.5. The molecule has 1 aliphatic rings. The average molecular weight is 280 g/mol. The highest BCUT2D eigenvalue weighted by atomic mass is 28.3. The van der Waals surface area contributed by atoms with Gasteiger partial charge in [0.25, 0.3) is 0 Å². The first-order chi connectivity index (χ1) is 8.80. The SMILES string of the molecule is CCCCC1=C(OC)C(=O)C(C[Si](C)(C)C)=CC1=O. The summed E-state index contributed by atoms with van der Waals surface area (Å²) in [6, 6.07) is 0.728. The summed E-state index contributed by atoms with van der Waals surface area (Å²) in [5.41, 5.74) is 1.18. The molecule has 0 aromatic heterocycles. The van der Waals surface area contributed by atoms with Gasteiger partial charge in [-0.25, -0.2) is 0 Å². The predicted octanol–water partition coefficient (Wildman–Crippen LogP) is 3.49. The summed E-state index contributed by atoms with van der Waals surface area (Å²) < 4.78 is 5.21. The molecule has 0 aromatic rings. The number of carbonyl (C=O) groups excluding carboxylic acids is 2. The van der Waals surface area contributed by atoms with Gasteiger partial charge in [-0.1, -0.05) is 33.0 Å². The Hall–Kier alpha value is -1.16. The van der Waals surface area contributed by atoms with Crippen LogP contribution in [-0.2, 0) is 14.3 Å². The first-order valence-corrected chi connectivity index (χ1v) is 10.6. The second-order valence-electron chi connectivity index (χ2n) is 6.22. The lowest BCUT2D eigenvalue weighted by Gasteiger charge is -2.22. The molecule has 0 saturated carbocycles. The predicted molar refractivity (Wildman–Crippen MR) is 79.8 cm³/mol. The van der Waals surface area contributed by atoms with Gasteiger partial charge in [-0.15, -0.1) is 0 Å². The van der Waals surface area contributed by atoms with Crippen LogP contribution < -0.4 is 0 Å². The minimum Gasteiger partial charge on any atom is -0.492 e. The maximum atomic E-state index is 12.4. The normalized spacial score (nSPS) is 16.8. The number of unbranched alkanes of at least 4 members (excludes halogenated alkanes) is 1. The molecule has 0 spiro atoms. The Balaban J connectivity index is 3.03. The summed E-state index contributed by atoms with van der Waals surface area (Å²) >= 11 is 0. The minimum atomic E-state index is -1.43. The van der Waals surface area contributed by atoms with E-state index in [0.29, 0.717) is 17.6 Å². The van der Waals surface area contributed by atoms with E-state index >= 15 is 0 Å². The first kappa shape index (κ1) is 15.9. The van der Waals surface area contributed by atoms with Crippen molar-refractivity contribution in [1.29, 1.82) is 0 Å². The van der Waals surface area contributed by atoms with Gasteiger partial charge >= 0.3 is 0 Å². The number of methoxy groups -OCH3 is 1. The molecule has 1 aliphatic carbocycles. The number of carbonyl (C=O) groups is 2. The monoisotopic (exact) mass is 280 g/mol. The van der Waals surface area contributed by atoms with Crippen LogP contribution in [-0.4, -0.2) is 26.8 Å². The van der Waals surface area contributed by atoms with Crippen molar-refractivity contribution >= 4 is 19.6 Å². The van der Waals surface area contributed by atoms with E-state index in [0.717, 1.165) is 18.9 Å². The van der Waals surface area contributed by atoms with Crippen LogP contribution in [0.2, 0.25) is 25.7 Å². The van der Waals surface area contributed by atoms with E-state index in [-0.39, 0.29) is 17.3 Å². The Labute approximate surface area is 116 Å². The summed E-state index contributed by atoms with van der Waals surface area (Å²) in [7, 11) is 0.0508. The molecule has 1 rings (SSSR count). The standard InChI is InChI=1S/C15H24O3Si/c1-6-7-8-12-13(16)9-11(10-19(3,4)5)14(17)15(12)18-2/h9H,6-8,10H2,1-5H3. The number of allylic oxidation sites excluding steroid dienone is 3. The van der Waals surface area contributed by atoms with Crippen LogP contribution in [0.5, 0.6) is 0 Å². The molecule has 106 valence electrons. The van der Waals surface area contributed by atoms with Crippen molar-refractivity contribution in [2.24, 2.45) is 0 Å². The molecule has 0 fully saturated rings. The first-order valence-electron chi connectivity index (χ1n) is 6.87. The van der Waals surface area contributed by atoms with Crippen molar-refractivity contribution in [1.82, 2.24) is 0 Å². The van der Waals surface area contributed by atoms with Gasteiger partial charge in [0.15, 0.2) is 11.5 Å². The molecule has 0 atom stereocenters. The van der Waals surface area contributed by atoms with Crippen molar-refractivity contribution < 1.29 is 14.3 Å². The van der Waals surface area contributed by atoms with E-state index < -0.39 is 8.07 Å². The Kier molecular flexibility index (Phi) is 5.29. The van der Waals surface area contributed by atoms with Gasteiger partial charge in [0.1, 0.15) is 0 Å². The van der Waals surface area contributed by atoms with Crippen molar-refractivity contribution in [3.8, 4) is 0 Å². The molecule has 0 N–H and O–H groups in total. The van der Waals surface area contributed by atoms with Crippen LogP contribution in [0.15, 0.2) is 23.0 Å². The molecule has 0 saturated heterocycles.